The normalized spacial score (nSPS) is 24.0. The molecule has 1 saturated carbocycles. The van der Waals surface area contributed by atoms with Crippen LogP contribution >= 0.6 is 11.6 Å². The number of rotatable bonds is 1. The molecule has 1 amide bonds. The van der Waals surface area contributed by atoms with Gasteiger partial charge in [0.15, 0.2) is 0 Å². The predicted octanol–water partition coefficient (Wildman–Crippen LogP) is 2.79. The molecule has 0 saturated heterocycles. The summed E-state index contributed by atoms with van der Waals surface area (Å²) in [6.07, 6.45) is 4.99. The van der Waals surface area contributed by atoms with Crippen molar-refractivity contribution in [1.29, 1.82) is 0 Å². The highest BCUT2D eigenvalue weighted by Crippen LogP contribution is 2.32. The third kappa shape index (κ3) is 2.29. The first-order valence-corrected chi connectivity index (χ1v) is 7.22. The number of nitrogens with zero attached hydrogens (tertiary/aromatic N) is 2. The van der Waals surface area contributed by atoms with Crippen molar-refractivity contribution in [3.05, 3.63) is 22.8 Å². The zero-order valence-corrected chi connectivity index (χ0v) is 11.8. The number of halogens is 1. The summed E-state index contributed by atoms with van der Waals surface area (Å²) in [6, 6.07) is 3.68. The fraction of sp³-hybridized carbons (Fsp3) is 0.571. The highest BCUT2D eigenvalue weighted by Gasteiger charge is 2.34. The number of hydrogen-bond donors (Lipinski definition) is 1. The van der Waals surface area contributed by atoms with Crippen LogP contribution in [0, 0.1) is 5.92 Å². The van der Waals surface area contributed by atoms with Crippen molar-refractivity contribution >= 4 is 23.3 Å². The second-order valence-electron chi connectivity index (χ2n) is 5.44. The van der Waals surface area contributed by atoms with Gasteiger partial charge < -0.3 is 10.2 Å². The molecule has 0 bridgehead atoms. The summed E-state index contributed by atoms with van der Waals surface area (Å²) in [4.78, 5) is 18.6. The largest absolute Gasteiger partial charge is 0.367 e. The molecule has 19 heavy (non-hydrogen) atoms. The minimum Gasteiger partial charge on any atom is -0.367 e. The third-order valence-electron chi connectivity index (χ3n) is 4.33. The van der Waals surface area contributed by atoms with E-state index in [1.807, 2.05) is 11.9 Å². The fourth-order valence-electron chi connectivity index (χ4n) is 3.25. The molecule has 1 aromatic heterocycles. The smallest absolute Gasteiger partial charge is 0.257 e. The van der Waals surface area contributed by atoms with E-state index in [2.05, 4.69) is 10.3 Å². The van der Waals surface area contributed by atoms with Gasteiger partial charge in [-0.2, -0.15) is 0 Å². The Kier molecular flexibility index (Phi) is 3.35. The van der Waals surface area contributed by atoms with E-state index in [4.69, 9.17) is 11.6 Å². The summed E-state index contributed by atoms with van der Waals surface area (Å²) in [7, 11) is 1.90. The van der Waals surface area contributed by atoms with Crippen LogP contribution in [0.1, 0.15) is 36.0 Å². The Morgan fingerprint density at radius 3 is 2.84 bits per heavy atom. The lowest BCUT2D eigenvalue weighted by molar-refractivity contribution is 0.0696. The Morgan fingerprint density at radius 1 is 1.37 bits per heavy atom. The number of hydrogen-bond acceptors (Lipinski definition) is 3. The van der Waals surface area contributed by atoms with Crippen molar-refractivity contribution in [2.24, 2.45) is 5.92 Å². The van der Waals surface area contributed by atoms with Crippen molar-refractivity contribution in [3.8, 4) is 0 Å². The molecule has 1 aromatic rings. The highest BCUT2D eigenvalue weighted by molar-refractivity contribution is 6.29. The van der Waals surface area contributed by atoms with Crippen molar-refractivity contribution < 1.29 is 4.79 Å². The van der Waals surface area contributed by atoms with Crippen LogP contribution < -0.4 is 5.32 Å². The molecule has 1 unspecified atom stereocenters. The van der Waals surface area contributed by atoms with Gasteiger partial charge in [-0.1, -0.05) is 24.4 Å². The Bertz CT molecular complexity index is 499. The average Bonchev–Trinajstić information content (AvgIpc) is 2.88. The molecule has 2 heterocycles. The summed E-state index contributed by atoms with van der Waals surface area (Å²) in [6.45, 7) is 0.757. The molecule has 3 rings (SSSR count). The molecule has 0 aromatic carbocycles. The average molecular weight is 280 g/mol. The maximum atomic E-state index is 12.5. The van der Waals surface area contributed by atoms with Gasteiger partial charge in [0.2, 0.25) is 0 Å². The molecular formula is C14H18ClN3O. The summed E-state index contributed by atoms with van der Waals surface area (Å²) in [5, 5.41) is 3.71. The number of carbonyl (C=O) groups excluding carboxylic acids is 1. The number of aromatic nitrogens is 1. The lowest BCUT2D eigenvalue weighted by Gasteiger charge is -2.30. The maximum Gasteiger partial charge on any atom is 0.257 e. The van der Waals surface area contributed by atoms with Gasteiger partial charge >= 0.3 is 0 Å². The van der Waals surface area contributed by atoms with Crippen molar-refractivity contribution in [2.45, 2.75) is 31.7 Å². The van der Waals surface area contributed by atoms with E-state index >= 15 is 0 Å². The van der Waals surface area contributed by atoms with Crippen LogP contribution in [0.2, 0.25) is 5.15 Å². The first-order chi connectivity index (χ1) is 9.16. The van der Waals surface area contributed by atoms with Gasteiger partial charge in [-0.05, 0) is 30.9 Å². The summed E-state index contributed by atoms with van der Waals surface area (Å²) in [5.41, 5.74) is 0.618. The molecule has 4 nitrogen and oxygen atoms in total. The molecule has 0 radical (unpaired) electrons. The zero-order valence-electron chi connectivity index (χ0n) is 11.0. The van der Waals surface area contributed by atoms with E-state index in [1.165, 1.54) is 25.7 Å². The van der Waals surface area contributed by atoms with E-state index in [0.29, 0.717) is 22.5 Å². The molecule has 1 N–H and O–H groups in total. The zero-order chi connectivity index (χ0) is 13.4. The third-order valence-corrected chi connectivity index (χ3v) is 4.54. The molecule has 2 aliphatic rings. The van der Waals surface area contributed by atoms with E-state index in [-0.39, 0.29) is 11.9 Å². The monoisotopic (exact) mass is 279 g/mol. The summed E-state index contributed by atoms with van der Waals surface area (Å²) in [5.74, 6) is 1.26. The van der Waals surface area contributed by atoms with Crippen LogP contribution in [0.4, 0.5) is 5.82 Å². The number of amides is 1. The van der Waals surface area contributed by atoms with Crippen LogP contribution in [0.15, 0.2) is 12.1 Å². The molecule has 5 heteroatoms. The van der Waals surface area contributed by atoms with Crippen LogP contribution in [-0.2, 0) is 0 Å². The minimum absolute atomic E-state index is 0.0427. The van der Waals surface area contributed by atoms with Gasteiger partial charge in [0.1, 0.15) is 11.0 Å². The van der Waals surface area contributed by atoms with Gasteiger partial charge in [0.25, 0.3) is 5.91 Å². The number of nitrogens with one attached hydrogen (secondary N) is 1. The molecule has 1 aliphatic heterocycles. The van der Waals surface area contributed by atoms with Gasteiger partial charge in [0.05, 0.1) is 11.6 Å². The first-order valence-electron chi connectivity index (χ1n) is 6.84. The number of likely N-dealkylation sites (N-methyl/N-ethyl adjacent to an activating group) is 1. The van der Waals surface area contributed by atoms with E-state index < -0.39 is 0 Å². The SMILES string of the molecule is CN1C(=O)c2ccc(Cl)nc2NCC1C1CCCC1. The van der Waals surface area contributed by atoms with E-state index in [0.717, 1.165) is 6.54 Å². The number of pyridine rings is 1. The quantitative estimate of drug-likeness (QED) is 0.804. The van der Waals surface area contributed by atoms with Crippen molar-refractivity contribution in [1.82, 2.24) is 9.88 Å². The maximum absolute atomic E-state index is 12.5. The lowest BCUT2D eigenvalue weighted by atomic mass is 9.97. The Labute approximate surface area is 118 Å². The molecule has 102 valence electrons. The first kappa shape index (κ1) is 12.7. The van der Waals surface area contributed by atoms with Crippen molar-refractivity contribution in [3.63, 3.8) is 0 Å². The molecule has 1 fully saturated rings. The van der Waals surface area contributed by atoms with Gasteiger partial charge in [-0.25, -0.2) is 4.98 Å². The molecular weight excluding hydrogens is 262 g/mol. The Balaban J connectivity index is 1.91. The van der Waals surface area contributed by atoms with Crippen LogP contribution in [-0.4, -0.2) is 35.4 Å². The molecule has 1 aliphatic carbocycles. The van der Waals surface area contributed by atoms with Gasteiger partial charge in [-0.15, -0.1) is 0 Å². The standard InChI is InChI=1S/C14H18ClN3O/c1-18-11(9-4-2-3-5-9)8-16-13-10(14(18)19)6-7-12(15)17-13/h6-7,9,11H,2-5,8H2,1H3,(H,16,17). The molecule has 1 atom stereocenters. The van der Waals surface area contributed by atoms with Gasteiger partial charge in [-0.3, -0.25) is 4.79 Å². The molecule has 0 spiro atoms. The van der Waals surface area contributed by atoms with Crippen LogP contribution in [0.3, 0.4) is 0 Å². The Morgan fingerprint density at radius 2 is 2.11 bits per heavy atom. The van der Waals surface area contributed by atoms with Crippen LogP contribution in [0.5, 0.6) is 0 Å². The number of fused-ring (bicyclic) bond motifs is 1. The Hall–Kier alpha value is -1.29. The number of anilines is 1. The topological polar surface area (TPSA) is 45.2 Å². The summed E-state index contributed by atoms with van der Waals surface area (Å²) >= 11 is 5.90. The number of carbonyl (C=O) groups is 1. The van der Waals surface area contributed by atoms with Gasteiger partial charge in [0, 0.05) is 13.6 Å². The minimum atomic E-state index is 0.0427. The highest BCUT2D eigenvalue weighted by atomic mass is 35.5. The fourth-order valence-corrected chi connectivity index (χ4v) is 3.39. The second kappa shape index (κ2) is 5.00. The summed E-state index contributed by atoms with van der Waals surface area (Å²) < 4.78 is 0. The van der Waals surface area contributed by atoms with E-state index in [1.54, 1.807) is 12.1 Å². The second-order valence-corrected chi connectivity index (χ2v) is 5.83. The van der Waals surface area contributed by atoms with Crippen LogP contribution in [0.25, 0.3) is 0 Å². The van der Waals surface area contributed by atoms with E-state index in [9.17, 15) is 4.79 Å². The predicted molar refractivity (Wildman–Crippen MR) is 75.6 cm³/mol. The lowest BCUT2D eigenvalue weighted by Crippen LogP contribution is -2.43. The van der Waals surface area contributed by atoms with Crippen molar-refractivity contribution in [2.75, 3.05) is 18.9 Å².